The number of ketones is 1. The number of halogens is 1. The third-order valence-electron chi connectivity index (χ3n) is 4.01. The van der Waals surface area contributed by atoms with Gasteiger partial charge in [-0.05, 0) is 32.4 Å². The van der Waals surface area contributed by atoms with E-state index in [1.54, 1.807) is 0 Å². The Balaban J connectivity index is 0.00000264. The number of amides is 1. The molecule has 0 aromatic heterocycles. The van der Waals surface area contributed by atoms with Gasteiger partial charge in [0.25, 0.3) is 0 Å². The molecule has 1 aromatic carbocycles. The zero-order valence-electron chi connectivity index (χ0n) is 13.5. The predicted octanol–water partition coefficient (Wildman–Crippen LogP) is 2.48. The third-order valence-corrected chi connectivity index (χ3v) is 4.93. The molecule has 0 bridgehead atoms. The number of carbonyl (C=O) groups is 2. The fourth-order valence-electron chi connectivity index (χ4n) is 2.70. The molecule has 128 valence electrons. The number of piperidine rings is 1. The Morgan fingerprint density at radius 3 is 2.43 bits per heavy atom. The Bertz CT molecular complexity index is 491. The van der Waals surface area contributed by atoms with E-state index in [2.05, 4.69) is 5.32 Å². The summed E-state index contributed by atoms with van der Waals surface area (Å²) in [5.74, 6) is 1.70. The number of likely N-dealkylation sites (tertiary alicyclic amines) is 1. The number of hydrogen-bond acceptors (Lipinski definition) is 4. The maximum atomic E-state index is 12.2. The summed E-state index contributed by atoms with van der Waals surface area (Å²) in [6.45, 7) is 2.72. The average molecular weight is 357 g/mol. The molecule has 0 spiro atoms. The van der Waals surface area contributed by atoms with Gasteiger partial charge in [0.2, 0.25) is 5.91 Å². The molecule has 0 radical (unpaired) electrons. The molecule has 0 atom stereocenters. The van der Waals surface area contributed by atoms with Crippen LogP contribution >= 0.6 is 24.2 Å². The van der Waals surface area contributed by atoms with Crippen LogP contribution < -0.4 is 5.32 Å². The summed E-state index contributed by atoms with van der Waals surface area (Å²) in [4.78, 5) is 26.1. The van der Waals surface area contributed by atoms with Crippen molar-refractivity contribution in [3.05, 3.63) is 35.9 Å². The van der Waals surface area contributed by atoms with Gasteiger partial charge in [-0.1, -0.05) is 30.3 Å². The van der Waals surface area contributed by atoms with Crippen molar-refractivity contribution in [2.24, 2.45) is 5.92 Å². The first kappa shape index (κ1) is 20.0. The zero-order valence-corrected chi connectivity index (χ0v) is 15.1. The molecule has 1 aliphatic rings. The van der Waals surface area contributed by atoms with E-state index in [1.807, 2.05) is 42.3 Å². The van der Waals surface area contributed by atoms with E-state index in [4.69, 9.17) is 0 Å². The summed E-state index contributed by atoms with van der Waals surface area (Å²) in [6.07, 6.45) is 2.14. The topological polar surface area (TPSA) is 49.4 Å². The summed E-state index contributed by atoms with van der Waals surface area (Å²) < 4.78 is 0. The van der Waals surface area contributed by atoms with E-state index < -0.39 is 0 Å². The minimum absolute atomic E-state index is 0. The lowest BCUT2D eigenvalue weighted by molar-refractivity contribution is -0.129. The van der Waals surface area contributed by atoms with Crippen LogP contribution in [0.15, 0.2) is 30.3 Å². The van der Waals surface area contributed by atoms with Gasteiger partial charge >= 0.3 is 0 Å². The molecule has 1 heterocycles. The van der Waals surface area contributed by atoms with Crippen molar-refractivity contribution in [3.63, 3.8) is 0 Å². The van der Waals surface area contributed by atoms with Crippen molar-refractivity contribution in [2.75, 3.05) is 38.2 Å². The number of nitrogens with zero attached hydrogens (tertiary/aromatic N) is 1. The van der Waals surface area contributed by atoms with Gasteiger partial charge in [-0.2, -0.15) is 0 Å². The van der Waals surface area contributed by atoms with Crippen LogP contribution in [0, 0.1) is 5.92 Å². The molecule has 1 amide bonds. The molecule has 1 saturated heterocycles. The van der Waals surface area contributed by atoms with Crippen molar-refractivity contribution >= 4 is 35.9 Å². The number of hydrogen-bond donors (Lipinski definition) is 1. The summed E-state index contributed by atoms with van der Waals surface area (Å²) in [6, 6.07) is 9.25. The lowest BCUT2D eigenvalue weighted by Gasteiger charge is -2.31. The standard InChI is InChI=1S/C17H24N2O2S.ClH/c1-18-11-14-7-9-19(10-8-14)17(21)13-22-12-16(20)15-5-3-2-4-6-15;/h2-6,14,18H,7-13H2,1H3;1H. The lowest BCUT2D eigenvalue weighted by atomic mass is 9.97. The number of Topliss-reactive ketones (excluding diaryl/α,β-unsaturated/α-hetero) is 1. The fraction of sp³-hybridized carbons (Fsp3) is 0.529. The molecule has 1 fully saturated rings. The summed E-state index contributed by atoms with van der Waals surface area (Å²) in [7, 11) is 1.97. The molecule has 1 aliphatic heterocycles. The largest absolute Gasteiger partial charge is 0.342 e. The number of rotatable bonds is 7. The molecule has 4 nitrogen and oxygen atoms in total. The van der Waals surface area contributed by atoms with Gasteiger partial charge in [0.1, 0.15) is 0 Å². The second kappa shape index (κ2) is 10.7. The highest BCUT2D eigenvalue weighted by molar-refractivity contribution is 8.00. The number of thioether (sulfide) groups is 1. The Morgan fingerprint density at radius 2 is 1.83 bits per heavy atom. The molecule has 2 rings (SSSR count). The molecule has 6 heteroatoms. The predicted molar refractivity (Wildman–Crippen MR) is 98.6 cm³/mol. The first-order valence-electron chi connectivity index (χ1n) is 7.79. The first-order chi connectivity index (χ1) is 10.7. The number of nitrogens with one attached hydrogen (secondary N) is 1. The second-order valence-electron chi connectivity index (χ2n) is 5.66. The van der Waals surface area contributed by atoms with Crippen LogP contribution in [0.1, 0.15) is 23.2 Å². The van der Waals surface area contributed by atoms with Crippen LogP contribution in [0.3, 0.4) is 0 Å². The Morgan fingerprint density at radius 1 is 1.17 bits per heavy atom. The molecule has 0 unspecified atom stereocenters. The Labute approximate surface area is 148 Å². The normalized spacial score (nSPS) is 15.1. The van der Waals surface area contributed by atoms with Crippen molar-refractivity contribution in [1.82, 2.24) is 10.2 Å². The molecule has 23 heavy (non-hydrogen) atoms. The van der Waals surface area contributed by atoms with Gasteiger partial charge in [-0.25, -0.2) is 0 Å². The van der Waals surface area contributed by atoms with E-state index in [0.29, 0.717) is 17.4 Å². The van der Waals surface area contributed by atoms with Crippen molar-refractivity contribution < 1.29 is 9.59 Å². The SMILES string of the molecule is CNCC1CCN(C(=O)CSCC(=O)c2ccccc2)CC1.Cl. The minimum atomic E-state index is 0. The molecular weight excluding hydrogens is 332 g/mol. The zero-order chi connectivity index (χ0) is 15.8. The first-order valence-corrected chi connectivity index (χ1v) is 8.94. The van der Waals surface area contributed by atoms with Crippen LogP contribution in [0.25, 0.3) is 0 Å². The molecular formula is C17H25ClN2O2S. The Kier molecular flexibility index (Phi) is 9.29. The highest BCUT2D eigenvalue weighted by atomic mass is 35.5. The van der Waals surface area contributed by atoms with Gasteiger partial charge in [-0.3, -0.25) is 9.59 Å². The Hall–Kier alpha value is -1.04. The fourth-order valence-corrected chi connectivity index (χ4v) is 3.52. The van der Waals surface area contributed by atoms with Crippen LogP contribution in [0.4, 0.5) is 0 Å². The van der Waals surface area contributed by atoms with Crippen molar-refractivity contribution in [3.8, 4) is 0 Å². The molecule has 1 aromatic rings. The van der Waals surface area contributed by atoms with E-state index in [9.17, 15) is 9.59 Å². The maximum Gasteiger partial charge on any atom is 0.232 e. The quantitative estimate of drug-likeness (QED) is 0.762. The van der Waals surface area contributed by atoms with Gasteiger partial charge in [0, 0.05) is 18.7 Å². The van der Waals surface area contributed by atoms with Gasteiger partial charge in [-0.15, -0.1) is 24.2 Å². The highest BCUT2D eigenvalue weighted by Gasteiger charge is 2.22. The maximum absolute atomic E-state index is 12.2. The lowest BCUT2D eigenvalue weighted by Crippen LogP contribution is -2.41. The van der Waals surface area contributed by atoms with Gasteiger partial charge in [0.05, 0.1) is 11.5 Å². The van der Waals surface area contributed by atoms with Crippen molar-refractivity contribution in [1.29, 1.82) is 0 Å². The molecule has 1 N–H and O–H groups in total. The van der Waals surface area contributed by atoms with Crippen LogP contribution in [0.2, 0.25) is 0 Å². The van der Waals surface area contributed by atoms with Crippen LogP contribution in [-0.4, -0.2) is 54.8 Å². The minimum Gasteiger partial charge on any atom is -0.342 e. The smallest absolute Gasteiger partial charge is 0.232 e. The number of carbonyl (C=O) groups excluding carboxylic acids is 2. The average Bonchev–Trinajstić information content (AvgIpc) is 2.56. The van der Waals surface area contributed by atoms with Crippen LogP contribution in [0.5, 0.6) is 0 Å². The second-order valence-corrected chi connectivity index (χ2v) is 6.65. The van der Waals surface area contributed by atoms with Gasteiger partial charge < -0.3 is 10.2 Å². The highest BCUT2D eigenvalue weighted by Crippen LogP contribution is 2.17. The van der Waals surface area contributed by atoms with E-state index in [-0.39, 0.29) is 24.1 Å². The van der Waals surface area contributed by atoms with Crippen LogP contribution in [-0.2, 0) is 4.79 Å². The third kappa shape index (κ3) is 6.53. The summed E-state index contributed by atoms with van der Waals surface area (Å²) in [5.41, 5.74) is 0.718. The molecule has 0 aliphatic carbocycles. The molecule has 0 saturated carbocycles. The van der Waals surface area contributed by atoms with E-state index >= 15 is 0 Å². The van der Waals surface area contributed by atoms with Gasteiger partial charge in [0.15, 0.2) is 5.78 Å². The summed E-state index contributed by atoms with van der Waals surface area (Å²) >= 11 is 1.42. The van der Waals surface area contributed by atoms with E-state index in [1.165, 1.54) is 11.8 Å². The monoisotopic (exact) mass is 356 g/mol. The number of benzene rings is 1. The van der Waals surface area contributed by atoms with Crippen molar-refractivity contribution in [2.45, 2.75) is 12.8 Å². The van der Waals surface area contributed by atoms with E-state index in [0.717, 1.165) is 38.0 Å². The summed E-state index contributed by atoms with van der Waals surface area (Å²) in [5, 5.41) is 3.20.